The van der Waals surface area contributed by atoms with E-state index in [0.717, 1.165) is 5.56 Å². The number of pyridine rings is 1. The molecule has 0 aliphatic rings. The van der Waals surface area contributed by atoms with Crippen molar-refractivity contribution in [3.8, 4) is 5.75 Å². The highest BCUT2D eigenvalue weighted by atomic mass is 32.2. The van der Waals surface area contributed by atoms with Gasteiger partial charge in [-0.05, 0) is 54.8 Å². The molecular formula is C23H25N3O4S. The number of benzene rings is 2. The van der Waals surface area contributed by atoms with E-state index >= 15 is 0 Å². The van der Waals surface area contributed by atoms with Crippen LogP contribution in [0.15, 0.2) is 77.8 Å². The van der Waals surface area contributed by atoms with Gasteiger partial charge in [-0.2, -0.15) is 4.72 Å². The Bertz CT molecular complexity index is 1120. The molecule has 1 unspecified atom stereocenters. The zero-order valence-corrected chi connectivity index (χ0v) is 18.2. The van der Waals surface area contributed by atoms with Crippen LogP contribution in [-0.4, -0.2) is 32.5 Å². The van der Waals surface area contributed by atoms with Crippen LogP contribution in [0.5, 0.6) is 5.75 Å². The summed E-state index contributed by atoms with van der Waals surface area (Å²) in [5.74, 6) is 0.163. The van der Waals surface area contributed by atoms with E-state index in [-0.39, 0.29) is 17.9 Å². The molecule has 0 saturated heterocycles. The van der Waals surface area contributed by atoms with Gasteiger partial charge in [0.1, 0.15) is 11.8 Å². The van der Waals surface area contributed by atoms with E-state index in [4.69, 9.17) is 4.74 Å². The Morgan fingerprint density at radius 3 is 2.45 bits per heavy atom. The minimum absolute atomic E-state index is 0.0707. The number of nitrogens with one attached hydrogen (secondary N) is 2. The van der Waals surface area contributed by atoms with E-state index in [1.807, 2.05) is 36.4 Å². The molecular weight excluding hydrogens is 414 g/mol. The number of aryl methyl sites for hydroxylation is 1. The molecule has 2 N–H and O–H groups in total. The Hall–Kier alpha value is -3.23. The van der Waals surface area contributed by atoms with Crippen molar-refractivity contribution in [1.29, 1.82) is 0 Å². The minimum atomic E-state index is -3.94. The highest BCUT2D eigenvalue weighted by molar-refractivity contribution is 7.89. The van der Waals surface area contributed by atoms with Gasteiger partial charge in [-0.3, -0.25) is 9.78 Å². The number of sulfonamides is 1. The Labute approximate surface area is 182 Å². The maximum Gasteiger partial charge on any atom is 0.241 e. The molecule has 3 rings (SSSR count). The zero-order valence-electron chi connectivity index (χ0n) is 17.4. The minimum Gasteiger partial charge on any atom is -0.496 e. The molecule has 0 fully saturated rings. The van der Waals surface area contributed by atoms with Crippen LogP contribution >= 0.6 is 0 Å². The van der Waals surface area contributed by atoms with E-state index < -0.39 is 22.0 Å². The van der Waals surface area contributed by atoms with Gasteiger partial charge in [0.15, 0.2) is 0 Å². The van der Waals surface area contributed by atoms with Crippen LogP contribution in [0.3, 0.4) is 0 Å². The van der Waals surface area contributed by atoms with E-state index in [1.54, 1.807) is 31.3 Å². The summed E-state index contributed by atoms with van der Waals surface area (Å²) in [6.07, 6.45) is 1.85. The lowest BCUT2D eigenvalue weighted by atomic mass is 10.1. The highest BCUT2D eigenvalue weighted by Crippen LogP contribution is 2.21. The summed E-state index contributed by atoms with van der Waals surface area (Å²) in [6.45, 7) is 1.97. The number of rotatable bonds is 9. The first-order chi connectivity index (χ1) is 14.9. The van der Waals surface area contributed by atoms with Crippen LogP contribution in [0.25, 0.3) is 0 Å². The lowest BCUT2D eigenvalue weighted by molar-refractivity contribution is -0.122. The van der Waals surface area contributed by atoms with Gasteiger partial charge < -0.3 is 10.1 Å². The summed E-state index contributed by atoms with van der Waals surface area (Å²) in [6, 6.07) is 18.2. The molecule has 0 radical (unpaired) electrons. The molecule has 2 aromatic carbocycles. The van der Waals surface area contributed by atoms with E-state index in [0.29, 0.717) is 17.0 Å². The average molecular weight is 440 g/mol. The van der Waals surface area contributed by atoms with Crippen molar-refractivity contribution in [3.63, 3.8) is 0 Å². The standard InChI is InChI=1S/C23H25N3O4S/c1-17-14-20(11-12-22(17)30-2)31(28,29)26-21(15-18-8-4-3-5-9-18)23(27)25-16-19-10-6-7-13-24-19/h3-14,21,26H,15-16H2,1-2H3,(H,25,27). The monoisotopic (exact) mass is 439 g/mol. The maximum absolute atomic E-state index is 13.0. The number of hydrogen-bond donors (Lipinski definition) is 2. The number of nitrogens with zero attached hydrogens (tertiary/aromatic N) is 1. The molecule has 1 atom stereocenters. The second kappa shape index (κ2) is 10.2. The van der Waals surface area contributed by atoms with Gasteiger partial charge in [-0.1, -0.05) is 36.4 Å². The third kappa shape index (κ3) is 6.13. The van der Waals surface area contributed by atoms with Crippen molar-refractivity contribution in [2.75, 3.05) is 7.11 Å². The molecule has 0 aliphatic heterocycles. The lowest BCUT2D eigenvalue weighted by Gasteiger charge is -2.19. The first-order valence-electron chi connectivity index (χ1n) is 9.77. The molecule has 3 aromatic rings. The van der Waals surface area contributed by atoms with E-state index in [9.17, 15) is 13.2 Å². The Morgan fingerprint density at radius 2 is 1.81 bits per heavy atom. The van der Waals surface area contributed by atoms with Gasteiger partial charge in [0, 0.05) is 6.20 Å². The number of methoxy groups -OCH3 is 1. The van der Waals surface area contributed by atoms with Crippen LogP contribution in [0.1, 0.15) is 16.8 Å². The summed E-state index contributed by atoms with van der Waals surface area (Å²) in [4.78, 5) is 17.2. The van der Waals surface area contributed by atoms with Crippen molar-refractivity contribution >= 4 is 15.9 Å². The van der Waals surface area contributed by atoms with Crippen molar-refractivity contribution in [2.24, 2.45) is 0 Å². The smallest absolute Gasteiger partial charge is 0.241 e. The largest absolute Gasteiger partial charge is 0.496 e. The third-order valence-corrected chi connectivity index (χ3v) is 6.21. The molecule has 7 nitrogen and oxygen atoms in total. The van der Waals surface area contributed by atoms with E-state index in [1.165, 1.54) is 19.2 Å². The van der Waals surface area contributed by atoms with Crippen molar-refractivity contribution in [2.45, 2.75) is 30.8 Å². The molecule has 31 heavy (non-hydrogen) atoms. The number of carbonyl (C=O) groups excluding carboxylic acids is 1. The summed E-state index contributed by atoms with van der Waals surface area (Å²) in [7, 11) is -2.41. The summed E-state index contributed by atoms with van der Waals surface area (Å²) in [5, 5.41) is 2.77. The first-order valence-corrected chi connectivity index (χ1v) is 11.3. The normalized spacial score (nSPS) is 12.2. The van der Waals surface area contributed by atoms with Crippen molar-refractivity contribution in [3.05, 3.63) is 89.7 Å². The summed E-state index contributed by atoms with van der Waals surface area (Å²) < 4.78 is 33.8. The molecule has 0 aliphatic carbocycles. The predicted octanol–water partition coefficient (Wildman–Crippen LogP) is 2.60. The Kier molecular flexibility index (Phi) is 7.38. The SMILES string of the molecule is COc1ccc(S(=O)(=O)NC(Cc2ccccc2)C(=O)NCc2ccccn2)cc1C. The van der Waals surface area contributed by atoms with Gasteiger partial charge in [0.05, 0.1) is 24.2 Å². The van der Waals surface area contributed by atoms with Gasteiger partial charge in [-0.15, -0.1) is 0 Å². The second-order valence-electron chi connectivity index (χ2n) is 7.03. The van der Waals surface area contributed by atoms with Crippen LogP contribution in [0.4, 0.5) is 0 Å². The van der Waals surface area contributed by atoms with Crippen molar-refractivity contribution in [1.82, 2.24) is 15.0 Å². The number of amides is 1. The number of aromatic nitrogens is 1. The molecule has 1 heterocycles. The zero-order chi connectivity index (χ0) is 22.3. The second-order valence-corrected chi connectivity index (χ2v) is 8.75. The lowest BCUT2D eigenvalue weighted by Crippen LogP contribution is -2.47. The quantitative estimate of drug-likeness (QED) is 0.534. The molecule has 0 spiro atoms. The summed E-state index contributed by atoms with van der Waals surface area (Å²) >= 11 is 0. The van der Waals surface area contributed by atoms with Crippen LogP contribution in [0, 0.1) is 6.92 Å². The highest BCUT2D eigenvalue weighted by Gasteiger charge is 2.26. The van der Waals surface area contributed by atoms with E-state index in [2.05, 4.69) is 15.0 Å². The van der Waals surface area contributed by atoms with Gasteiger partial charge in [0.25, 0.3) is 0 Å². The summed E-state index contributed by atoms with van der Waals surface area (Å²) in [5.41, 5.74) is 2.21. The van der Waals surface area contributed by atoms with Gasteiger partial charge in [0.2, 0.25) is 15.9 Å². The molecule has 0 bridgehead atoms. The topological polar surface area (TPSA) is 97.4 Å². The first kappa shape index (κ1) is 22.5. The fourth-order valence-electron chi connectivity index (χ4n) is 3.11. The average Bonchev–Trinajstić information content (AvgIpc) is 2.78. The molecule has 8 heteroatoms. The van der Waals surface area contributed by atoms with Crippen LogP contribution in [0.2, 0.25) is 0 Å². The Balaban J connectivity index is 1.81. The fraction of sp³-hybridized carbons (Fsp3) is 0.217. The molecule has 0 saturated carbocycles. The Morgan fingerprint density at radius 1 is 1.06 bits per heavy atom. The van der Waals surface area contributed by atoms with Gasteiger partial charge >= 0.3 is 0 Å². The van der Waals surface area contributed by atoms with Crippen LogP contribution in [-0.2, 0) is 27.8 Å². The molecule has 1 amide bonds. The number of hydrogen-bond acceptors (Lipinski definition) is 5. The maximum atomic E-state index is 13.0. The van der Waals surface area contributed by atoms with Crippen LogP contribution < -0.4 is 14.8 Å². The predicted molar refractivity (Wildman–Crippen MR) is 118 cm³/mol. The number of carbonyl (C=O) groups is 1. The molecule has 162 valence electrons. The fourth-order valence-corrected chi connectivity index (χ4v) is 4.39. The number of ether oxygens (including phenoxy) is 1. The van der Waals surface area contributed by atoms with Gasteiger partial charge in [-0.25, -0.2) is 8.42 Å². The third-order valence-electron chi connectivity index (χ3n) is 4.74. The molecule has 1 aromatic heterocycles. The van der Waals surface area contributed by atoms with Crippen molar-refractivity contribution < 1.29 is 17.9 Å².